The predicted molar refractivity (Wildman–Crippen MR) is 488 cm³/mol. The Labute approximate surface area is 686 Å². The fraction of sp³-hybridized carbons (Fsp3) is 0.0536. The van der Waals surface area contributed by atoms with Gasteiger partial charge >= 0.3 is 0 Å². The van der Waals surface area contributed by atoms with Crippen molar-refractivity contribution in [1.82, 2.24) is 29.9 Å². The van der Waals surface area contributed by atoms with Gasteiger partial charge in [-0.05, 0) is 179 Å². The molecule has 0 radical (unpaired) electrons. The van der Waals surface area contributed by atoms with Crippen molar-refractivity contribution in [2.75, 3.05) is 0 Å². The van der Waals surface area contributed by atoms with E-state index in [4.69, 9.17) is 29.9 Å². The third-order valence-corrected chi connectivity index (χ3v) is 24.8. The lowest BCUT2D eigenvalue weighted by Crippen LogP contribution is -2.23. The summed E-state index contributed by atoms with van der Waals surface area (Å²) in [5, 5.41) is 9.01. The zero-order valence-corrected chi connectivity index (χ0v) is 65.4. The predicted octanol–water partition coefficient (Wildman–Crippen LogP) is 28.5. The van der Waals surface area contributed by atoms with Crippen molar-refractivity contribution in [1.29, 1.82) is 0 Å². The highest BCUT2D eigenvalue weighted by molar-refractivity contribution is 6.24. The van der Waals surface area contributed by atoms with E-state index in [0.717, 1.165) is 139 Å². The molecule has 554 valence electrons. The molecule has 18 aromatic carbocycles. The molecule has 0 fully saturated rings. The standard InChI is InChI=1S/C112H76N6/c1-111(2)96-58-23-21-49-87(96)92-55-29-57-95(104(92)111)101-89-51-18-14-46-84(89)86-48-16-20-53-91(86)103(101)110-117-107(81-43-27-39-77(67-81)73-35-11-6-12-36-73)114-108(118-110)82-44-28-40-78(68-82)74-63-61-70(62-64-74)69-112(3)97-59-24-22-54-93(97)99-94(56-30-60-98(99)112)100-88-50-17-13-45-83(88)85-47-15-19-52-90(85)102(100)109-115-105(79-41-25-37-75(65-79)71-31-7-4-8-32-71)113-106(116-109)80-42-26-38-76(66-80)72-33-9-5-10-34-72/h4-68H,69H2,1-3H3. The smallest absolute Gasteiger partial charge is 0.165 e. The molecule has 2 aliphatic carbocycles. The minimum atomic E-state index is -0.441. The third kappa shape index (κ3) is 11.7. The van der Waals surface area contributed by atoms with Gasteiger partial charge in [0.15, 0.2) is 34.9 Å². The van der Waals surface area contributed by atoms with Gasteiger partial charge in [-0.15, -0.1) is 0 Å². The SMILES string of the molecule is CC1(C)c2ccccc2-c2cccc(-c3c(-c4nc(-c5cccc(-c6ccccc6)c5)nc(-c5cccc(-c6ccc(CC7(C)c8ccccc8-c8c(-c9c(-c%10nc(-c%11cccc(-c%12ccccc%12)c%11)nc(-c%11cccc(-c%12ccccc%12)c%11)n%10)c%10ccccc%10c%10ccccc9%10)cccc87)cc6)c5)n4)c4ccccc4c4ccccc34)c21. The van der Waals surface area contributed by atoms with Gasteiger partial charge in [-0.3, -0.25) is 0 Å². The zero-order valence-electron chi connectivity index (χ0n) is 65.4. The summed E-state index contributed by atoms with van der Waals surface area (Å²) in [7, 11) is 0. The van der Waals surface area contributed by atoms with Crippen LogP contribution in [0.25, 0.3) is 200 Å². The van der Waals surface area contributed by atoms with Crippen molar-refractivity contribution < 1.29 is 0 Å². The number of hydrogen-bond donors (Lipinski definition) is 0. The highest BCUT2D eigenvalue weighted by Crippen LogP contribution is 2.58. The second-order valence-electron chi connectivity index (χ2n) is 32.1. The van der Waals surface area contributed by atoms with E-state index < -0.39 is 5.41 Å². The van der Waals surface area contributed by atoms with Gasteiger partial charge in [-0.1, -0.05) is 391 Å². The fourth-order valence-electron chi connectivity index (χ4n) is 19.3. The van der Waals surface area contributed by atoms with Crippen molar-refractivity contribution in [3.63, 3.8) is 0 Å². The van der Waals surface area contributed by atoms with E-state index in [0.29, 0.717) is 34.9 Å². The van der Waals surface area contributed by atoms with Gasteiger partial charge in [-0.2, -0.15) is 0 Å². The molecular formula is C112H76N6. The maximum atomic E-state index is 5.74. The van der Waals surface area contributed by atoms with E-state index in [1.165, 1.54) is 61.0 Å². The number of aromatic nitrogens is 6. The Hall–Kier alpha value is -15.0. The minimum absolute atomic E-state index is 0.304. The Morgan fingerprint density at radius 3 is 0.915 bits per heavy atom. The molecule has 2 heterocycles. The average Bonchev–Trinajstić information content (AvgIpc) is 1.39. The Morgan fingerprint density at radius 1 is 0.186 bits per heavy atom. The summed E-state index contributed by atoms with van der Waals surface area (Å²) in [6.07, 6.45) is 0.750. The largest absolute Gasteiger partial charge is 0.208 e. The Morgan fingerprint density at radius 2 is 0.475 bits per heavy atom. The van der Waals surface area contributed by atoms with Crippen molar-refractivity contribution in [3.05, 3.63) is 422 Å². The molecule has 1 unspecified atom stereocenters. The first-order chi connectivity index (χ1) is 58.1. The van der Waals surface area contributed by atoms with Crippen LogP contribution in [0, 0.1) is 0 Å². The Kier molecular flexibility index (Phi) is 16.7. The first-order valence-corrected chi connectivity index (χ1v) is 40.7. The average molecular weight is 1510 g/mol. The molecule has 0 bridgehead atoms. The van der Waals surface area contributed by atoms with Crippen LogP contribution < -0.4 is 0 Å². The number of nitrogens with zero attached hydrogens (tertiary/aromatic N) is 6. The van der Waals surface area contributed by atoms with Gasteiger partial charge in [0.1, 0.15) is 0 Å². The van der Waals surface area contributed by atoms with E-state index in [-0.39, 0.29) is 5.41 Å². The molecule has 0 N–H and O–H groups in total. The maximum absolute atomic E-state index is 5.74. The molecule has 6 heteroatoms. The summed E-state index contributed by atoms with van der Waals surface area (Å²) in [6, 6.07) is 143. The molecule has 0 amide bonds. The summed E-state index contributed by atoms with van der Waals surface area (Å²) in [4.78, 5) is 33.8. The number of hydrogen-bond acceptors (Lipinski definition) is 6. The van der Waals surface area contributed by atoms with Crippen molar-refractivity contribution in [3.8, 4) is 157 Å². The molecule has 22 rings (SSSR count). The first-order valence-electron chi connectivity index (χ1n) is 40.7. The lowest BCUT2D eigenvalue weighted by molar-refractivity contribution is 0.583. The van der Waals surface area contributed by atoms with Gasteiger partial charge in [0.2, 0.25) is 0 Å². The molecule has 0 saturated carbocycles. The summed E-state index contributed by atoms with van der Waals surface area (Å²) in [5.74, 6) is 3.58. The van der Waals surface area contributed by atoms with Crippen LogP contribution >= 0.6 is 0 Å². The molecular weight excluding hydrogens is 1430 g/mol. The van der Waals surface area contributed by atoms with E-state index in [2.05, 4.69) is 415 Å². The van der Waals surface area contributed by atoms with Gasteiger partial charge in [0.05, 0.1) is 0 Å². The lowest BCUT2D eigenvalue weighted by Gasteiger charge is -2.28. The molecule has 6 nitrogen and oxygen atoms in total. The second-order valence-corrected chi connectivity index (χ2v) is 32.1. The topological polar surface area (TPSA) is 77.3 Å². The molecule has 118 heavy (non-hydrogen) atoms. The summed E-state index contributed by atoms with van der Waals surface area (Å²) in [6.45, 7) is 7.20. The van der Waals surface area contributed by atoms with Crippen LogP contribution in [0.4, 0.5) is 0 Å². The number of benzene rings is 18. The van der Waals surface area contributed by atoms with Crippen LogP contribution in [0.2, 0.25) is 0 Å². The van der Waals surface area contributed by atoms with E-state index >= 15 is 0 Å². The monoisotopic (exact) mass is 1500 g/mol. The van der Waals surface area contributed by atoms with Gasteiger partial charge in [0, 0.05) is 55.3 Å². The van der Waals surface area contributed by atoms with Crippen LogP contribution in [0.15, 0.2) is 394 Å². The molecule has 1 atom stereocenters. The highest BCUT2D eigenvalue weighted by Gasteiger charge is 2.42. The quantitative estimate of drug-likeness (QED) is 0.101. The number of fused-ring (bicyclic) bond motifs is 12. The molecule has 2 aromatic heterocycles. The second kappa shape index (κ2) is 28.2. The van der Waals surface area contributed by atoms with Crippen LogP contribution in [0.5, 0.6) is 0 Å². The Bertz CT molecular complexity index is 7330. The van der Waals surface area contributed by atoms with E-state index in [1.807, 2.05) is 0 Å². The third-order valence-electron chi connectivity index (χ3n) is 24.8. The molecule has 0 aliphatic heterocycles. The normalized spacial score (nSPS) is 13.7. The summed E-state index contributed by atoms with van der Waals surface area (Å²) >= 11 is 0. The maximum Gasteiger partial charge on any atom is 0.165 e. The molecule has 0 spiro atoms. The van der Waals surface area contributed by atoms with Crippen molar-refractivity contribution >= 4 is 43.1 Å². The van der Waals surface area contributed by atoms with Gasteiger partial charge in [-0.25, -0.2) is 29.9 Å². The van der Waals surface area contributed by atoms with Crippen LogP contribution in [-0.2, 0) is 17.3 Å². The summed E-state index contributed by atoms with van der Waals surface area (Å²) in [5.41, 5.74) is 29.4. The highest BCUT2D eigenvalue weighted by atomic mass is 15.0. The van der Waals surface area contributed by atoms with Crippen LogP contribution in [0.3, 0.4) is 0 Å². The van der Waals surface area contributed by atoms with Gasteiger partial charge in [0.25, 0.3) is 0 Å². The first kappa shape index (κ1) is 69.7. The fourth-order valence-corrected chi connectivity index (χ4v) is 19.3. The van der Waals surface area contributed by atoms with Crippen LogP contribution in [0.1, 0.15) is 48.6 Å². The van der Waals surface area contributed by atoms with Gasteiger partial charge < -0.3 is 0 Å². The van der Waals surface area contributed by atoms with Crippen molar-refractivity contribution in [2.24, 2.45) is 0 Å². The van der Waals surface area contributed by atoms with E-state index in [1.54, 1.807) is 0 Å². The number of rotatable bonds is 14. The Balaban J connectivity index is 0.669. The molecule has 20 aromatic rings. The van der Waals surface area contributed by atoms with Crippen molar-refractivity contribution in [2.45, 2.75) is 38.0 Å². The minimum Gasteiger partial charge on any atom is -0.208 e. The zero-order chi connectivity index (χ0) is 78.6. The summed E-state index contributed by atoms with van der Waals surface area (Å²) < 4.78 is 0. The molecule has 0 saturated heterocycles. The van der Waals surface area contributed by atoms with Crippen LogP contribution in [-0.4, -0.2) is 29.9 Å². The lowest BCUT2D eigenvalue weighted by atomic mass is 9.74. The molecule has 2 aliphatic rings. The van der Waals surface area contributed by atoms with E-state index in [9.17, 15) is 0 Å².